The first-order valence-corrected chi connectivity index (χ1v) is 11.3. The van der Waals surface area contributed by atoms with Crippen LogP contribution in [0, 0.1) is 0 Å². The van der Waals surface area contributed by atoms with Gasteiger partial charge in [-0.2, -0.15) is 4.31 Å². The van der Waals surface area contributed by atoms with Crippen molar-refractivity contribution in [3.05, 3.63) is 53.0 Å². The zero-order chi connectivity index (χ0) is 22.2. The summed E-state index contributed by atoms with van der Waals surface area (Å²) in [4.78, 5) is 21.4. The second-order valence-corrected chi connectivity index (χ2v) is 9.29. The summed E-state index contributed by atoms with van der Waals surface area (Å²) in [5.74, 6) is -0.545. The topological polar surface area (TPSA) is 116 Å². The van der Waals surface area contributed by atoms with Gasteiger partial charge in [0.15, 0.2) is 5.65 Å². The van der Waals surface area contributed by atoms with Gasteiger partial charge >= 0.3 is 5.69 Å². The minimum Gasteiger partial charge on any atom is -0.327 e. The van der Waals surface area contributed by atoms with Crippen LogP contribution in [0.4, 0.5) is 4.39 Å². The molecule has 0 spiro atoms. The molecule has 1 aliphatic rings. The summed E-state index contributed by atoms with van der Waals surface area (Å²) in [6.45, 7) is 0.726. The summed E-state index contributed by atoms with van der Waals surface area (Å²) < 4.78 is 44.0. The summed E-state index contributed by atoms with van der Waals surface area (Å²) in [6, 6.07) is 6.46. The Morgan fingerprint density at radius 1 is 1.26 bits per heavy atom. The number of sulfonamides is 1. The minimum atomic E-state index is -3.61. The van der Waals surface area contributed by atoms with Gasteiger partial charge in [0.05, 0.1) is 17.1 Å². The number of aromatic nitrogens is 4. The zero-order valence-electron chi connectivity index (χ0n) is 17.0. The van der Waals surface area contributed by atoms with Gasteiger partial charge in [0, 0.05) is 32.2 Å². The van der Waals surface area contributed by atoms with Crippen LogP contribution in [0.5, 0.6) is 0 Å². The first kappa shape index (κ1) is 21.3. The molecule has 31 heavy (non-hydrogen) atoms. The van der Waals surface area contributed by atoms with E-state index in [1.165, 1.54) is 25.8 Å². The molecule has 0 unspecified atom stereocenters. The number of nitrogens with two attached hydrogens (primary N) is 1. The Morgan fingerprint density at radius 2 is 2.00 bits per heavy atom. The molecule has 0 aliphatic carbocycles. The molecule has 11 heteroatoms. The summed E-state index contributed by atoms with van der Waals surface area (Å²) in [5.41, 5.74) is 6.45. The molecule has 2 N–H and O–H groups in total. The van der Waals surface area contributed by atoms with Gasteiger partial charge in [0.2, 0.25) is 10.0 Å². The number of rotatable bonds is 6. The monoisotopic (exact) mass is 446 g/mol. The number of imidazole rings is 1. The molecule has 3 heterocycles. The highest BCUT2D eigenvalue weighted by atomic mass is 32.2. The third kappa shape index (κ3) is 3.80. The van der Waals surface area contributed by atoms with Gasteiger partial charge in [0.25, 0.3) is 0 Å². The van der Waals surface area contributed by atoms with E-state index < -0.39 is 21.5 Å². The lowest BCUT2D eigenvalue weighted by atomic mass is 10.1. The largest absolute Gasteiger partial charge is 0.330 e. The van der Waals surface area contributed by atoms with Gasteiger partial charge in [-0.05, 0) is 31.1 Å². The van der Waals surface area contributed by atoms with E-state index >= 15 is 0 Å². The first-order chi connectivity index (χ1) is 14.8. The Balaban J connectivity index is 1.85. The minimum absolute atomic E-state index is 0.0177. The van der Waals surface area contributed by atoms with Crippen LogP contribution in [0.15, 0.2) is 52.2 Å². The van der Waals surface area contributed by atoms with Gasteiger partial charge in [0.1, 0.15) is 17.7 Å². The average molecular weight is 447 g/mol. The highest BCUT2D eigenvalue weighted by Crippen LogP contribution is 2.28. The maximum absolute atomic E-state index is 14.1. The highest BCUT2D eigenvalue weighted by Gasteiger charge is 2.28. The molecule has 1 aliphatic heterocycles. The van der Waals surface area contributed by atoms with Crippen molar-refractivity contribution < 1.29 is 12.8 Å². The molecule has 164 valence electrons. The number of halogens is 1. The average Bonchev–Trinajstić information content (AvgIpc) is 3.39. The number of hydrogen-bond acceptors (Lipinski definition) is 6. The van der Waals surface area contributed by atoms with Crippen molar-refractivity contribution in [3.63, 3.8) is 0 Å². The van der Waals surface area contributed by atoms with E-state index in [9.17, 15) is 17.6 Å². The lowest BCUT2D eigenvalue weighted by molar-refractivity contribution is 0.477. The van der Waals surface area contributed by atoms with Gasteiger partial charge < -0.3 is 5.73 Å². The maximum atomic E-state index is 14.1. The Morgan fingerprint density at radius 3 is 2.71 bits per heavy atom. The third-order valence-corrected chi connectivity index (χ3v) is 7.27. The Hall–Kier alpha value is -2.89. The molecule has 1 saturated heterocycles. The van der Waals surface area contributed by atoms with Crippen LogP contribution >= 0.6 is 0 Å². The molecule has 2 aromatic heterocycles. The lowest BCUT2D eigenvalue weighted by Gasteiger charge is -2.16. The van der Waals surface area contributed by atoms with E-state index in [-0.39, 0.29) is 23.6 Å². The van der Waals surface area contributed by atoms with Gasteiger partial charge in [-0.25, -0.2) is 27.6 Å². The molecule has 3 aromatic rings. The van der Waals surface area contributed by atoms with E-state index in [0.717, 1.165) is 12.8 Å². The highest BCUT2D eigenvalue weighted by molar-refractivity contribution is 7.89. The number of fused-ring (bicyclic) bond motifs is 1. The van der Waals surface area contributed by atoms with Crippen LogP contribution in [0.3, 0.4) is 0 Å². The zero-order valence-corrected chi connectivity index (χ0v) is 17.8. The third-order valence-electron chi connectivity index (χ3n) is 5.37. The molecule has 0 bridgehead atoms. The van der Waals surface area contributed by atoms with Crippen LogP contribution in [-0.2, 0) is 23.6 Å². The molecule has 0 amide bonds. The van der Waals surface area contributed by atoms with Crippen molar-refractivity contribution in [2.75, 3.05) is 19.6 Å². The van der Waals surface area contributed by atoms with Crippen molar-refractivity contribution in [2.45, 2.75) is 24.3 Å². The molecule has 9 nitrogen and oxygen atoms in total. The molecule has 0 saturated carbocycles. The van der Waals surface area contributed by atoms with E-state index in [1.807, 2.05) is 0 Å². The quantitative estimate of drug-likeness (QED) is 0.612. The molecular weight excluding hydrogens is 423 g/mol. The summed E-state index contributed by atoms with van der Waals surface area (Å²) in [6.07, 6.45) is 4.16. The second kappa shape index (κ2) is 8.33. The number of hydrogen-bond donors (Lipinski definition) is 1. The summed E-state index contributed by atoms with van der Waals surface area (Å²) >= 11 is 0. The molecule has 1 fully saturated rings. The second-order valence-electron chi connectivity index (χ2n) is 7.35. The smallest absolute Gasteiger partial charge is 0.327 e. The van der Waals surface area contributed by atoms with Crippen molar-refractivity contribution in [1.82, 2.24) is 23.4 Å². The number of benzene rings is 1. The van der Waals surface area contributed by atoms with Crippen LogP contribution in [-0.4, -0.2) is 51.5 Å². The fraction of sp³-hybridized carbons (Fsp3) is 0.350. The van der Waals surface area contributed by atoms with E-state index in [1.54, 1.807) is 31.3 Å². The summed E-state index contributed by atoms with van der Waals surface area (Å²) in [5, 5.41) is 0. The normalized spacial score (nSPS) is 15.8. The van der Waals surface area contributed by atoms with Crippen LogP contribution < -0.4 is 11.4 Å². The van der Waals surface area contributed by atoms with Crippen LogP contribution in [0.25, 0.3) is 22.4 Å². The van der Waals surface area contributed by atoms with E-state index in [0.29, 0.717) is 29.9 Å². The first-order valence-electron chi connectivity index (χ1n) is 9.90. The van der Waals surface area contributed by atoms with E-state index in [2.05, 4.69) is 9.97 Å². The van der Waals surface area contributed by atoms with Crippen molar-refractivity contribution in [3.8, 4) is 11.3 Å². The Kier molecular flexibility index (Phi) is 5.73. The van der Waals surface area contributed by atoms with Gasteiger partial charge in [-0.15, -0.1) is 0 Å². The number of nitrogens with zero attached hydrogens (tertiary/aromatic N) is 5. The fourth-order valence-corrected chi connectivity index (χ4v) is 5.39. The van der Waals surface area contributed by atoms with Crippen molar-refractivity contribution in [1.29, 1.82) is 0 Å². The predicted molar refractivity (Wildman–Crippen MR) is 114 cm³/mol. The Bertz CT molecular complexity index is 1320. The predicted octanol–water partition coefficient (Wildman–Crippen LogP) is 1.39. The standard InChI is InChI=1S/C20H23FN6O3S/c1-25-18-17(23-13-24-19(18)27(20(25)28)12-15(21)7-8-22)14-5-4-6-16(11-14)31(29,30)26-9-2-3-10-26/h4-7,11,13H,2-3,8-10,12,22H2,1H3. The number of aryl methyl sites for hydroxylation is 1. The lowest BCUT2D eigenvalue weighted by Crippen LogP contribution is -2.27. The molecule has 4 rings (SSSR count). The molecular formula is C20H23FN6O3S. The van der Waals surface area contributed by atoms with Gasteiger partial charge in [-0.1, -0.05) is 12.1 Å². The van der Waals surface area contributed by atoms with Crippen molar-refractivity contribution in [2.24, 2.45) is 12.8 Å². The molecule has 0 radical (unpaired) electrons. The van der Waals surface area contributed by atoms with Crippen LogP contribution in [0.2, 0.25) is 0 Å². The fourth-order valence-electron chi connectivity index (χ4n) is 3.82. The Labute approximate surface area is 178 Å². The molecule has 1 aromatic carbocycles. The number of allylic oxidation sites excluding steroid dienone is 1. The van der Waals surface area contributed by atoms with Crippen LogP contribution in [0.1, 0.15) is 12.8 Å². The van der Waals surface area contributed by atoms with Gasteiger partial charge in [-0.3, -0.25) is 9.13 Å². The molecule has 0 atom stereocenters. The SMILES string of the molecule is Cn1c(=O)n(CC(F)=CCN)c2ncnc(-c3cccc(S(=O)(=O)N4CCCC4)c3)c21. The van der Waals surface area contributed by atoms with Crippen molar-refractivity contribution >= 4 is 21.2 Å². The summed E-state index contributed by atoms with van der Waals surface area (Å²) in [7, 11) is -2.07. The van der Waals surface area contributed by atoms with E-state index in [4.69, 9.17) is 5.73 Å². The maximum Gasteiger partial charge on any atom is 0.330 e.